The van der Waals surface area contributed by atoms with Crippen LogP contribution >= 0.6 is 15.9 Å². The monoisotopic (exact) mass is 257 g/mol. The van der Waals surface area contributed by atoms with Gasteiger partial charge in [-0.15, -0.1) is 0 Å². The quantitative estimate of drug-likeness (QED) is 0.875. The van der Waals surface area contributed by atoms with Crippen LogP contribution < -0.4 is 5.73 Å². The second kappa shape index (κ2) is 4.43. The molecule has 1 unspecified atom stereocenters. The van der Waals surface area contributed by atoms with E-state index < -0.39 is 0 Å². The first kappa shape index (κ1) is 11.7. The maximum atomic E-state index is 9.20. The Kier molecular flexibility index (Phi) is 3.70. The first-order valence-electron chi connectivity index (χ1n) is 4.70. The van der Waals surface area contributed by atoms with E-state index in [1.165, 1.54) is 0 Å². The lowest BCUT2D eigenvalue weighted by Crippen LogP contribution is -2.33. The van der Waals surface area contributed by atoms with Gasteiger partial charge >= 0.3 is 0 Å². The molecule has 0 aromatic heterocycles. The van der Waals surface area contributed by atoms with Crippen LogP contribution in [0.25, 0.3) is 0 Å². The van der Waals surface area contributed by atoms with Gasteiger partial charge in [0.25, 0.3) is 0 Å². The van der Waals surface area contributed by atoms with Crippen LogP contribution in [0.3, 0.4) is 0 Å². The van der Waals surface area contributed by atoms with Gasteiger partial charge in [-0.3, -0.25) is 0 Å². The molecule has 0 fully saturated rings. The second-order valence-corrected chi connectivity index (χ2v) is 4.65. The van der Waals surface area contributed by atoms with Crippen molar-refractivity contribution in [1.29, 1.82) is 0 Å². The molecule has 2 nitrogen and oxygen atoms in total. The number of halogens is 1. The van der Waals surface area contributed by atoms with Crippen molar-refractivity contribution < 1.29 is 5.11 Å². The lowest BCUT2D eigenvalue weighted by molar-refractivity contribution is 0.277. The molecule has 1 rings (SSSR count). The molecule has 0 aliphatic carbocycles. The van der Waals surface area contributed by atoms with Crippen LogP contribution in [0, 0.1) is 0 Å². The summed E-state index contributed by atoms with van der Waals surface area (Å²) in [5.41, 5.74) is 7.69. The minimum absolute atomic E-state index is 0.0371. The summed E-state index contributed by atoms with van der Waals surface area (Å²) < 4.78 is 0.995. The van der Waals surface area contributed by atoms with E-state index in [2.05, 4.69) is 15.9 Å². The Hall–Kier alpha value is -0.380. The summed E-state index contributed by atoms with van der Waals surface area (Å²) in [5.74, 6) is 0. The highest BCUT2D eigenvalue weighted by atomic mass is 79.9. The predicted octanol–water partition coefficient (Wildman–Crippen LogP) is 2.53. The Morgan fingerprint density at radius 1 is 1.50 bits per heavy atom. The van der Waals surface area contributed by atoms with Gasteiger partial charge in [0.15, 0.2) is 0 Å². The molecule has 1 aromatic rings. The fraction of sp³-hybridized carbons (Fsp3) is 0.455. The van der Waals surface area contributed by atoms with Crippen molar-refractivity contribution in [3.05, 3.63) is 33.8 Å². The van der Waals surface area contributed by atoms with Crippen molar-refractivity contribution in [1.82, 2.24) is 0 Å². The third kappa shape index (κ3) is 2.35. The van der Waals surface area contributed by atoms with Crippen LogP contribution in [0.5, 0.6) is 0 Å². The number of nitrogens with two attached hydrogens (primary N) is 1. The molecule has 0 heterocycles. The molecule has 0 saturated carbocycles. The Bertz CT molecular complexity index is 323. The van der Waals surface area contributed by atoms with Crippen LogP contribution in [-0.2, 0) is 12.1 Å². The number of hydrogen-bond donors (Lipinski definition) is 2. The number of aliphatic hydroxyl groups is 1. The van der Waals surface area contributed by atoms with E-state index in [4.69, 9.17) is 5.73 Å². The van der Waals surface area contributed by atoms with E-state index >= 15 is 0 Å². The molecule has 0 radical (unpaired) electrons. The number of benzene rings is 1. The normalized spacial score (nSPS) is 15.2. The first-order chi connectivity index (χ1) is 6.51. The maximum absolute atomic E-state index is 9.20. The Balaban J connectivity index is 3.23. The fourth-order valence-corrected chi connectivity index (χ4v) is 1.77. The molecule has 0 saturated heterocycles. The molecule has 1 aromatic carbocycles. The third-order valence-corrected chi connectivity index (χ3v) is 3.09. The van der Waals surface area contributed by atoms with E-state index in [1.807, 2.05) is 32.0 Å². The van der Waals surface area contributed by atoms with E-state index in [0.29, 0.717) is 0 Å². The van der Waals surface area contributed by atoms with Gasteiger partial charge in [0, 0.05) is 10.0 Å². The molecule has 14 heavy (non-hydrogen) atoms. The van der Waals surface area contributed by atoms with Crippen molar-refractivity contribution in [2.24, 2.45) is 5.73 Å². The minimum Gasteiger partial charge on any atom is -0.392 e. The minimum atomic E-state index is -0.373. The lowest BCUT2D eigenvalue weighted by atomic mass is 9.87. The number of rotatable bonds is 3. The van der Waals surface area contributed by atoms with Gasteiger partial charge in [-0.25, -0.2) is 0 Å². The highest BCUT2D eigenvalue weighted by Gasteiger charge is 2.21. The molecule has 3 heteroatoms. The topological polar surface area (TPSA) is 46.2 Å². The molecule has 0 bridgehead atoms. The van der Waals surface area contributed by atoms with Crippen LogP contribution in [-0.4, -0.2) is 5.11 Å². The fourth-order valence-electron chi connectivity index (χ4n) is 1.41. The molecule has 0 aliphatic heterocycles. The van der Waals surface area contributed by atoms with Gasteiger partial charge in [0.05, 0.1) is 6.61 Å². The molecule has 0 amide bonds. The summed E-state index contributed by atoms with van der Waals surface area (Å²) in [6.07, 6.45) is 0.844. The zero-order valence-electron chi connectivity index (χ0n) is 8.55. The van der Waals surface area contributed by atoms with Gasteiger partial charge < -0.3 is 10.8 Å². The Morgan fingerprint density at radius 3 is 2.64 bits per heavy atom. The molecule has 0 spiro atoms. The molecular weight excluding hydrogens is 242 g/mol. The van der Waals surface area contributed by atoms with E-state index in [0.717, 1.165) is 22.0 Å². The standard InChI is InChI=1S/C11H16BrNO/c1-3-11(2,13)10-6-9(12)5-4-8(10)7-14/h4-6,14H,3,7,13H2,1-2H3. The van der Waals surface area contributed by atoms with Gasteiger partial charge in [0.2, 0.25) is 0 Å². The van der Waals surface area contributed by atoms with Crippen molar-refractivity contribution in [3.63, 3.8) is 0 Å². The largest absolute Gasteiger partial charge is 0.392 e. The first-order valence-corrected chi connectivity index (χ1v) is 5.49. The summed E-state index contributed by atoms with van der Waals surface area (Å²) in [7, 11) is 0. The lowest BCUT2D eigenvalue weighted by Gasteiger charge is -2.26. The van der Waals surface area contributed by atoms with Crippen LogP contribution in [0.15, 0.2) is 22.7 Å². The molecule has 78 valence electrons. The SMILES string of the molecule is CCC(C)(N)c1cc(Br)ccc1CO. The van der Waals surface area contributed by atoms with E-state index in [1.54, 1.807) is 0 Å². The summed E-state index contributed by atoms with van der Waals surface area (Å²) in [6.45, 7) is 4.06. The maximum Gasteiger partial charge on any atom is 0.0685 e. The number of hydrogen-bond acceptors (Lipinski definition) is 2. The van der Waals surface area contributed by atoms with Gasteiger partial charge in [-0.05, 0) is 36.6 Å². The Morgan fingerprint density at radius 2 is 2.14 bits per heavy atom. The van der Waals surface area contributed by atoms with Crippen LogP contribution in [0.4, 0.5) is 0 Å². The second-order valence-electron chi connectivity index (χ2n) is 3.73. The Labute approximate surface area is 93.3 Å². The van der Waals surface area contributed by atoms with E-state index in [9.17, 15) is 5.11 Å². The van der Waals surface area contributed by atoms with Crippen molar-refractivity contribution in [3.8, 4) is 0 Å². The van der Waals surface area contributed by atoms with Crippen LogP contribution in [0.1, 0.15) is 31.4 Å². The summed E-state index contributed by atoms with van der Waals surface area (Å²) in [5, 5.41) is 9.20. The smallest absolute Gasteiger partial charge is 0.0685 e. The van der Waals surface area contributed by atoms with E-state index in [-0.39, 0.29) is 12.1 Å². The average molecular weight is 258 g/mol. The summed E-state index contributed by atoms with van der Waals surface area (Å²) in [4.78, 5) is 0. The molecule has 0 aliphatic rings. The summed E-state index contributed by atoms with van der Waals surface area (Å²) >= 11 is 3.41. The highest BCUT2D eigenvalue weighted by molar-refractivity contribution is 9.10. The van der Waals surface area contributed by atoms with Crippen molar-refractivity contribution in [2.45, 2.75) is 32.4 Å². The number of aliphatic hydroxyl groups excluding tert-OH is 1. The van der Waals surface area contributed by atoms with Gasteiger partial charge in [-0.2, -0.15) is 0 Å². The van der Waals surface area contributed by atoms with Crippen molar-refractivity contribution >= 4 is 15.9 Å². The zero-order valence-corrected chi connectivity index (χ0v) is 10.1. The predicted molar refractivity (Wildman–Crippen MR) is 61.9 cm³/mol. The van der Waals surface area contributed by atoms with Crippen LogP contribution in [0.2, 0.25) is 0 Å². The third-order valence-electron chi connectivity index (χ3n) is 2.59. The highest BCUT2D eigenvalue weighted by Crippen LogP contribution is 2.27. The zero-order chi connectivity index (χ0) is 10.8. The average Bonchev–Trinajstić information content (AvgIpc) is 2.18. The summed E-state index contributed by atoms with van der Waals surface area (Å²) in [6, 6.07) is 5.80. The van der Waals surface area contributed by atoms with Gasteiger partial charge in [-0.1, -0.05) is 28.9 Å². The molecule has 1 atom stereocenters. The van der Waals surface area contributed by atoms with Crippen molar-refractivity contribution in [2.75, 3.05) is 0 Å². The van der Waals surface area contributed by atoms with Gasteiger partial charge in [0.1, 0.15) is 0 Å². The molecule has 3 N–H and O–H groups in total. The molecular formula is C11H16BrNO.